The molecule has 0 radical (unpaired) electrons. The van der Waals surface area contributed by atoms with Crippen LogP contribution in [-0.4, -0.2) is 41.2 Å². The van der Waals surface area contributed by atoms with E-state index in [-0.39, 0.29) is 0 Å². The fourth-order valence-electron chi connectivity index (χ4n) is 2.30. The average molecular weight is 293 g/mol. The summed E-state index contributed by atoms with van der Waals surface area (Å²) in [6.07, 6.45) is 6.84. The standard InChI is InChI=1S/C15H27N5O/c1-3-5-8-12-21-15-18-13(16-9-4-2)17-14(19-15)20-10-6-7-11-20/h3-12H2,1-2H3,(H,16,17,18,19). The minimum absolute atomic E-state index is 0.446. The molecule has 1 aromatic heterocycles. The quantitative estimate of drug-likeness (QED) is 0.706. The summed E-state index contributed by atoms with van der Waals surface area (Å²) in [5.41, 5.74) is 0. The molecule has 0 amide bonds. The molecule has 1 fully saturated rings. The first-order valence-corrected chi connectivity index (χ1v) is 8.21. The Morgan fingerprint density at radius 1 is 1.05 bits per heavy atom. The normalized spacial score (nSPS) is 14.5. The highest BCUT2D eigenvalue weighted by Gasteiger charge is 2.17. The second-order valence-corrected chi connectivity index (χ2v) is 5.42. The van der Waals surface area contributed by atoms with E-state index >= 15 is 0 Å². The van der Waals surface area contributed by atoms with Crippen LogP contribution in [0, 0.1) is 0 Å². The van der Waals surface area contributed by atoms with Gasteiger partial charge in [-0.1, -0.05) is 26.7 Å². The molecule has 0 aromatic carbocycles. The highest BCUT2D eigenvalue weighted by molar-refractivity contribution is 5.39. The van der Waals surface area contributed by atoms with E-state index in [0.717, 1.165) is 38.4 Å². The van der Waals surface area contributed by atoms with Crippen LogP contribution in [0.3, 0.4) is 0 Å². The highest BCUT2D eigenvalue weighted by Crippen LogP contribution is 2.19. The van der Waals surface area contributed by atoms with Gasteiger partial charge in [-0.15, -0.1) is 0 Å². The Labute approximate surface area is 127 Å². The number of anilines is 2. The van der Waals surface area contributed by atoms with Crippen LogP contribution in [0.2, 0.25) is 0 Å². The number of unbranched alkanes of at least 4 members (excludes halogenated alkanes) is 2. The van der Waals surface area contributed by atoms with E-state index in [4.69, 9.17) is 4.74 Å². The molecule has 1 aromatic rings. The Morgan fingerprint density at radius 3 is 2.57 bits per heavy atom. The third kappa shape index (κ3) is 5.02. The molecule has 0 unspecified atom stereocenters. The van der Waals surface area contributed by atoms with E-state index in [1.54, 1.807) is 0 Å². The maximum Gasteiger partial charge on any atom is 0.323 e. The predicted octanol–water partition coefficient (Wildman–Crippen LogP) is 2.86. The summed E-state index contributed by atoms with van der Waals surface area (Å²) in [7, 11) is 0. The molecule has 1 saturated heterocycles. The Bertz CT molecular complexity index is 421. The molecule has 2 rings (SSSR count). The van der Waals surface area contributed by atoms with Crippen LogP contribution in [0.15, 0.2) is 0 Å². The Morgan fingerprint density at radius 2 is 1.86 bits per heavy atom. The van der Waals surface area contributed by atoms with Crippen molar-refractivity contribution in [3.05, 3.63) is 0 Å². The second-order valence-electron chi connectivity index (χ2n) is 5.42. The summed E-state index contributed by atoms with van der Waals surface area (Å²) in [6, 6.07) is 0.446. The van der Waals surface area contributed by atoms with E-state index in [1.165, 1.54) is 25.7 Å². The van der Waals surface area contributed by atoms with Gasteiger partial charge in [-0.25, -0.2) is 0 Å². The zero-order valence-corrected chi connectivity index (χ0v) is 13.3. The molecular weight excluding hydrogens is 266 g/mol. The van der Waals surface area contributed by atoms with Gasteiger partial charge in [-0.05, 0) is 25.7 Å². The molecule has 2 heterocycles. The minimum atomic E-state index is 0.446. The lowest BCUT2D eigenvalue weighted by Gasteiger charge is -2.16. The molecule has 6 heteroatoms. The third-order valence-corrected chi connectivity index (χ3v) is 3.50. The van der Waals surface area contributed by atoms with Gasteiger partial charge in [0.2, 0.25) is 11.9 Å². The van der Waals surface area contributed by atoms with Gasteiger partial charge in [0.15, 0.2) is 0 Å². The molecule has 0 aliphatic carbocycles. The van der Waals surface area contributed by atoms with Crippen LogP contribution >= 0.6 is 0 Å². The zero-order valence-electron chi connectivity index (χ0n) is 13.3. The van der Waals surface area contributed by atoms with Gasteiger partial charge in [0, 0.05) is 19.6 Å². The van der Waals surface area contributed by atoms with Crippen LogP contribution in [0.25, 0.3) is 0 Å². The lowest BCUT2D eigenvalue weighted by Crippen LogP contribution is -2.22. The largest absolute Gasteiger partial charge is 0.463 e. The first kappa shape index (κ1) is 15.8. The third-order valence-electron chi connectivity index (χ3n) is 3.50. The van der Waals surface area contributed by atoms with Crippen molar-refractivity contribution in [2.24, 2.45) is 0 Å². The molecule has 1 aliphatic heterocycles. The molecule has 118 valence electrons. The van der Waals surface area contributed by atoms with Crippen LogP contribution in [0.1, 0.15) is 52.4 Å². The van der Waals surface area contributed by atoms with Gasteiger partial charge >= 0.3 is 6.01 Å². The number of rotatable bonds is 9. The molecule has 0 atom stereocenters. The number of ether oxygens (including phenoxy) is 1. The number of nitrogens with zero attached hydrogens (tertiary/aromatic N) is 4. The summed E-state index contributed by atoms with van der Waals surface area (Å²) in [6.45, 7) is 7.88. The summed E-state index contributed by atoms with van der Waals surface area (Å²) in [4.78, 5) is 15.5. The molecule has 6 nitrogen and oxygen atoms in total. The van der Waals surface area contributed by atoms with E-state index < -0.39 is 0 Å². The molecule has 1 aliphatic rings. The minimum Gasteiger partial charge on any atom is -0.463 e. The summed E-state index contributed by atoms with van der Waals surface area (Å²) in [5, 5.41) is 3.23. The number of hydrogen-bond acceptors (Lipinski definition) is 6. The first-order chi connectivity index (χ1) is 10.3. The number of hydrogen-bond donors (Lipinski definition) is 1. The molecule has 1 N–H and O–H groups in total. The Hall–Kier alpha value is -1.59. The average Bonchev–Trinajstić information content (AvgIpc) is 3.04. The van der Waals surface area contributed by atoms with Crippen LogP contribution < -0.4 is 15.0 Å². The Kier molecular flexibility index (Phi) is 6.50. The number of nitrogens with one attached hydrogen (secondary N) is 1. The SMILES string of the molecule is CCCCCOc1nc(NCCC)nc(N2CCCC2)n1. The lowest BCUT2D eigenvalue weighted by atomic mass is 10.3. The van der Waals surface area contributed by atoms with Crippen LogP contribution in [-0.2, 0) is 0 Å². The van der Waals surface area contributed by atoms with E-state index in [1.807, 2.05) is 0 Å². The van der Waals surface area contributed by atoms with Crippen molar-refractivity contribution < 1.29 is 4.74 Å². The monoisotopic (exact) mass is 293 g/mol. The zero-order chi connectivity index (χ0) is 14.9. The van der Waals surface area contributed by atoms with Gasteiger partial charge in [0.1, 0.15) is 0 Å². The van der Waals surface area contributed by atoms with Crippen molar-refractivity contribution >= 4 is 11.9 Å². The molecular formula is C15H27N5O. The van der Waals surface area contributed by atoms with Crippen molar-refractivity contribution in [1.82, 2.24) is 15.0 Å². The van der Waals surface area contributed by atoms with Crippen molar-refractivity contribution in [2.45, 2.75) is 52.4 Å². The molecule has 21 heavy (non-hydrogen) atoms. The van der Waals surface area contributed by atoms with Crippen molar-refractivity contribution in [1.29, 1.82) is 0 Å². The first-order valence-electron chi connectivity index (χ1n) is 8.21. The van der Waals surface area contributed by atoms with E-state index in [0.29, 0.717) is 18.6 Å². The van der Waals surface area contributed by atoms with Crippen molar-refractivity contribution in [2.75, 3.05) is 36.5 Å². The Balaban J connectivity index is 2.04. The molecule has 0 bridgehead atoms. The summed E-state index contributed by atoms with van der Waals surface area (Å²) >= 11 is 0. The maximum atomic E-state index is 5.70. The van der Waals surface area contributed by atoms with Crippen molar-refractivity contribution in [3.8, 4) is 6.01 Å². The van der Waals surface area contributed by atoms with Crippen molar-refractivity contribution in [3.63, 3.8) is 0 Å². The van der Waals surface area contributed by atoms with E-state index in [9.17, 15) is 0 Å². The topological polar surface area (TPSA) is 63.2 Å². The molecule has 0 spiro atoms. The van der Waals surface area contributed by atoms with Crippen LogP contribution in [0.5, 0.6) is 6.01 Å². The summed E-state index contributed by atoms with van der Waals surface area (Å²) < 4.78 is 5.70. The fraction of sp³-hybridized carbons (Fsp3) is 0.800. The smallest absolute Gasteiger partial charge is 0.323 e. The number of aromatic nitrogens is 3. The second kappa shape index (κ2) is 8.64. The van der Waals surface area contributed by atoms with Gasteiger partial charge in [-0.3, -0.25) is 0 Å². The summed E-state index contributed by atoms with van der Waals surface area (Å²) in [5.74, 6) is 1.37. The lowest BCUT2D eigenvalue weighted by molar-refractivity contribution is 0.282. The van der Waals surface area contributed by atoms with Crippen LogP contribution in [0.4, 0.5) is 11.9 Å². The predicted molar refractivity (Wildman–Crippen MR) is 85.1 cm³/mol. The van der Waals surface area contributed by atoms with Gasteiger partial charge in [0.25, 0.3) is 0 Å². The van der Waals surface area contributed by atoms with E-state index in [2.05, 4.69) is 39.0 Å². The fourth-order valence-corrected chi connectivity index (χ4v) is 2.30. The van der Waals surface area contributed by atoms with Gasteiger partial charge in [-0.2, -0.15) is 15.0 Å². The van der Waals surface area contributed by atoms with Gasteiger partial charge in [0.05, 0.1) is 6.61 Å². The maximum absolute atomic E-state index is 5.70. The highest BCUT2D eigenvalue weighted by atomic mass is 16.5. The van der Waals surface area contributed by atoms with Gasteiger partial charge < -0.3 is 15.0 Å². The molecule has 0 saturated carbocycles.